The van der Waals surface area contributed by atoms with Gasteiger partial charge in [-0.1, -0.05) is 6.07 Å². The van der Waals surface area contributed by atoms with Gasteiger partial charge >= 0.3 is 5.97 Å². The largest absolute Gasteiger partial charge is 0.515 e. The highest BCUT2D eigenvalue weighted by Crippen LogP contribution is 2.42. The first-order valence-corrected chi connectivity index (χ1v) is 6.75. The van der Waals surface area contributed by atoms with Crippen molar-refractivity contribution in [3.63, 3.8) is 0 Å². The summed E-state index contributed by atoms with van der Waals surface area (Å²) in [6.07, 6.45) is 1.85. The van der Waals surface area contributed by atoms with Gasteiger partial charge in [0.25, 0.3) is 0 Å². The second-order valence-corrected chi connectivity index (χ2v) is 5.20. The molecule has 6 heteroatoms. The van der Waals surface area contributed by atoms with Crippen LogP contribution < -0.4 is 10.1 Å². The van der Waals surface area contributed by atoms with Gasteiger partial charge in [0.2, 0.25) is 5.78 Å². The molecule has 1 saturated heterocycles. The first kappa shape index (κ1) is 13.6. The van der Waals surface area contributed by atoms with Crippen LogP contribution in [0.15, 0.2) is 30.0 Å². The summed E-state index contributed by atoms with van der Waals surface area (Å²) in [6, 6.07) is 4.51. The van der Waals surface area contributed by atoms with Crippen LogP contribution in [0.1, 0.15) is 33.6 Å². The molecule has 0 atom stereocenters. The summed E-state index contributed by atoms with van der Waals surface area (Å²) < 4.78 is 5.97. The highest BCUT2D eigenvalue weighted by Gasteiger charge is 2.47. The van der Waals surface area contributed by atoms with Crippen molar-refractivity contribution in [3.05, 3.63) is 41.2 Å². The van der Waals surface area contributed by atoms with E-state index in [1.54, 1.807) is 12.1 Å². The number of ether oxygens (including phenoxy) is 1. The van der Waals surface area contributed by atoms with E-state index in [4.69, 9.17) is 4.74 Å². The van der Waals surface area contributed by atoms with Crippen LogP contribution in [0.4, 0.5) is 0 Å². The van der Waals surface area contributed by atoms with Crippen molar-refractivity contribution < 1.29 is 24.5 Å². The van der Waals surface area contributed by atoms with Crippen LogP contribution in [-0.4, -0.2) is 40.7 Å². The lowest BCUT2D eigenvalue weighted by Crippen LogP contribution is -2.51. The summed E-state index contributed by atoms with van der Waals surface area (Å²) in [5.41, 5.74) is -0.846. The van der Waals surface area contributed by atoms with Gasteiger partial charge in [-0.3, -0.25) is 4.79 Å². The lowest BCUT2D eigenvalue weighted by Gasteiger charge is -2.42. The molecule has 0 bridgehead atoms. The number of aromatic carboxylic acids is 1. The average Bonchev–Trinajstić information content (AvgIpc) is 2.47. The number of hydrogen-bond acceptors (Lipinski definition) is 5. The van der Waals surface area contributed by atoms with Crippen molar-refractivity contribution >= 4 is 11.8 Å². The van der Waals surface area contributed by atoms with E-state index in [9.17, 15) is 19.8 Å². The van der Waals surface area contributed by atoms with Gasteiger partial charge in [-0.2, -0.15) is 0 Å². The number of hydrogen-bond donors (Lipinski definition) is 3. The number of piperidine rings is 1. The zero-order valence-electron chi connectivity index (χ0n) is 11.3. The Morgan fingerprint density at radius 2 is 2.05 bits per heavy atom. The van der Waals surface area contributed by atoms with E-state index >= 15 is 0 Å². The van der Waals surface area contributed by atoms with Crippen LogP contribution in [0, 0.1) is 0 Å². The monoisotopic (exact) mass is 289 g/mol. The molecular weight excluding hydrogens is 274 g/mol. The average molecular weight is 289 g/mol. The third-order valence-electron chi connectivity index (χ3n) is 4.06. The Morgan fingerprint density at radius 3 is 2.67 bits per heavy atom. The molecule has 6 nitrogen and oxygen atoms in total. The Balaban J connectivity index is 2.17. The Hall–Kier alpha value is -2.34. The van der Waals surface area contributed by atoms with Gasteiger partial charge in [0.1, 0.15) is 11.4 Å². The van der Waals surface area contributed by atoms with E-state index in [1.165, 1.54) is 6.07 Å². The molecule has 21 heavy (non-hydrogen) atoms. The fraction of sp³-hybridized carbons (Fsp3) is 0.333. The summed E-state index contributed by atoms with van der Waals surface area (Å²) in [4.78, 5) is 23.9. The molecular formula is C15H15NO5. The number of aliphatic hydroxyl groups is 1. The fourth-order valence-corrected chi connectivity index (χ4v) is 3.01. The minimum Gasteiger partial charge on any atom is -0.515 e. The Kier molecular flexibility index (Phi) is 3.17. The molecule has 2 aliphatic rings. The van der Waals surface area contributed by atoms with Crippen LogP contribution in [-0.2, 0) is 0 Å². The number of carbonyl (C=O) groups is 2. The number of fused-ring (bicyclic) bond motifs is 1. The number of nitrogens with one attached hydrogen (secondary N) is 1. The third kappa shape index (κ3) is 1.99. The predicted octanol–water partition coefficient (Wildman–Crippen LogP) is 1.52. The van der Waals surface area contributed by atoms with Crippen LogP contribution in [0.5, 0.6) is 5.75 Å². The van der Waals surface area contributed by atoms with E-state index in [0.717, 1.165) is 6.26 Å². The van der Waals surface area contributed by atoms with Crippen molar-refractivity contribution in [1.29, 1.82) is 0 Å². The summed E-state index contributed by atoms with van der Waals surface area (Å²) in [5, 5.41) is 21.9. The van der Waals surface area contributed by atoms with Crippen molar-refractivity contribution in [1.82, 2.24) is 5.32 Å². The van der Waals surface area contributed by atoms with Gasteiger partial charge in [-0.05, 0) is 25.2 Å². The maximum Gasteiger partial charge on any atom is 0.336 e. The molecule has 0 aromatic heterocycles. The van der Waals surface area contributed by atoms with Crippen molar-refractivity contribution in [3.8, 4) is 5.75 Å². The van der Waals surface area contributed by atoms with Gasteiger partial charge in [0, 0.05) is 12.8 Å². The SMILES string of the molecule is O=C(O)c1cccc2c1C(=O)C(=CO)C1(CCNCC1)O2. The van der Waals surface area contributed by atoms with Crippen LogP contribution in [0.25, 0.3) is 0 Å². The fourth-order valence-electron chi connectivity index (χ4n) is 3.01. The smallest absolute Gasteiger partial charge is 0.336 e. The maximum atomic E-state index is 12.7. The quantitative estimate of drug-likeness (QED) is 0.536. The molecule has 0 amide bonds. The first-order valence-electron chi connectivity index (χ1n) is 6.75. The molecule has 3 N–H and O–H groups in total. The molecule has 1 aromatic carbocycles. The van der Waals surface area contributed by atoms with Crippen LogP contribution in [0.3, 0.4) is 0 Å². The second kappa shape index (κ2) is 4.89. The van der Waals surface area contributed by atoms with Crippen LogP contribution in [0.2, 0.25) is 0 Å². The van der Waals surface area contributed by atoms with E-state index < -0.39 is 17.4 Å². The zero-order valence-corrected chi connectivity index (χ0v) is 11.3. The summed E-state index contributed by atoms with van der Waals surface area (Å²) in [7, 11) is 0. The molecule has 3 rings (SSSR count). The topological polar surface area (TPSA) is 95.9 Å². The summed E-state index contributed by atoms with van der Waals surface area (Å²) in [6.45, 7) is 1.33. The number of carbonyl (C=O) groups excluding carboxylic acids is 1. The number of Topliss-reactive ketones (excluding diaryl/α,β-unsaturated/α-hetero) is 1. The van der Waals surface area contributed by atoms with Crippen molar-refractivity contribution in [2.75, 3.05) is 13.1 Å². The number of rotatable bonds is 1. The van der Waals surface area contributed by atoms with Crippen molar-refractivity contribution in [2.24, 2.45) is 0 Å². The highest BCUT2D eigenvalue weighted by atomic mass is 16.5. The lowest BCUT2D eigenvalue weighted by atomic mass is 9.78. The summed E-state index contributed by atoms with van der Waals surface area (Å²) in [5.74, 6) is -1.39. The number of carboxylic acid groups (broad SMARTS) is 1. The molecule has 0 aliphatic carbocycles. The molecule has 110 valence electrons. The Labute approximate surface area is 121 Å². The number of carboxylic acids is 1. The van der Waals surface area contributed by atoms with Gasteiger partial charge < -0.3 is 20.3 Å². The molecule has 2 aliphatic heterocycles. The van der Waals surface area contributed by atoms with E-state index in [-0.39, 0.29) is 22.4 Å². The minimum atomic E-state index is -1.19. The van der Waals surface area contributed by atoms with Crippen LogP contribution >= 0.6 is 0 Å². The Morgan fingerprint density at radius 1 is 1.33 bits per heavy atom. The van der Waals surface area contributed by atoms with E-state index in [0.29, 0.717) is 25.9 Å². The van der Waals surface area contributed by atoms with E-state index in [2.05, 4.69) is 5.32 Å². The minimum absolute atomic E-state index is 0.00876. The summed E-state index contributed by atoms with van der Waals surface area (Å²) >= 11 is 0. The van der Waals surface area contributed by atoms with E-state index in [1.807, 2.05) is 0 Å². The number of ketones is 1. The molecule has 0 unspecified atom stereocenters. The van der Waals surface area contributed by atoms with Gasteiger partial charge in [0.05, 0.1) is 23.0 Å². The molecule has 0 radical (unpaired) electrons. The van der Waals surface area contributed by atoms with Gasteiger partial charge in [-0.25, -0.2) is 4.79 Å². The normalized spacial score (nSPS) is 21.9. The highest BCUT2D eigenvalue weighted by molar-refractivity contribution is 6.17. The van der Waals surface area contributed by atoms with Crippen molar-refractivity contribution in [2.45, 2.75) is 18.4 Å². The Bertz CT molecular complexity index is 643. The maximum absolute atomic E-state index is 12.7. The second-order valence-electron chi connectivity index (χ2n) is 5.20. The standard InChI is InChI=1S/C15H15NO5/c17-8-10-13(18)12-9(14(19)20)2-1-3-11(12)21-15(10)4-6-16-7-5-15/h1-3,8,16-17H,4-7H2,(H,19,20). The lowest BCUT2D eigenvalue weighted by molar-refractivity contribution is 0.0503. The third-order valence-corrected chi connectivity index (χ3v) is 4.06. The molecule has 0 saturated carbocycles. The number of aliphatic hydroxyl groups excluding tert-OH is 1. The zero-order chi connectivity index (χ0) is 15.0. The molecule has 1 aromatic rings. The van der Waals surface area contributed by atoms with Gasteiger partial charge in [-0.15, -0.1) is 0 Å². The predicted molar refractivity (Wildman–Crippen MR) is 73.9 cm³/mol. The number of benzene rings is 1. The molecule has 1 fully saturated rings. The van der Waals surface area contributed by atoms with Gasteiger partial charge in [0.15, 0.2) is 0 Å². The molecule has 2 heterocycles. The first-order chi connectivity index (χ1) is 10.1. The molecule has 1 spiro atoms.